The number of nitrogens with one attached hydrogen (secondary N) is 1. The van der Waals surface area contributed by atoms with Gasteiger partial charge in [0.25, 0.3) is 0 Å². The third-order valence-electron chi connectivity index (χ3n) is 4.38. The molecule has 3 aromatic rings. The fourth-order valence-electron chi connectivity index (χ4n) is 3.14. The van der Waals surface area contributed by atoms with Crippen molar-refractivity contribution < 1.29 is 4.39 Å². The van der Waals surface area contributed by atoms with Crippen molar-refractivity contribution in [1.29, 1.82) is 0 Å². The number of hydrogen-bond acceptors (Lipinski definition) is 3. The molecular weight excluding hydrogens is 371 g/mol. The lowest BCUT2D eigenvalue weighted by Gasteiger charge is -2.27. The van der Waals surface area contributed by atoms with E-state index in [-0.39, 0.29) is 5.82 Å². The fraction of sp³-hybridized carbons (Fsp3) is 0.278. The van der Waals surface area contributed by atoms with Gasteiger partial charge in [-0.05, 0) is 24.3 Å². The van der Waals surface area contributed by atoms with Crippen LogP contribution in [0.4, 0.5) is 4.39 Å². The minimum absolute atomic E-state index is 0.246. The first kappa shape index (κ1) is 15.7. The Hall–Kier alpha value is -1.76. The van der Waals surface area contributed by atoms with Gasteiger partial charge in [0.2, 0.25) is 0 Å². The Kier molecular flexibility index (Phi) is 4.35. The van der Waals surface area contributed by atoms with E-state index in [9.17, 15) is 4.39 Å². The summed E-state index contributed by atoms with van der Waals surface area (Å²) in [5.74, 6) is -0.246. The molecule has 3 heterocycles. The van der Waals surface area contributed by atoms with E-state index >= 15 is 0 Å². The lowest BCUT2D eigenvalue weighted by atomic mass is 10.1. The number of hydrogen-bond donors (Lipinski definition) is 1. The summed E-state index contributed by atoms with van der Waals surface area (Å²) in [6.45, 7) is 4.71. The normalized spacial score (nSPS) is 15.9. The largest absolute Gasteiger partial charge is 0.314 e. The van der Waals surface area contributed by atoms with Crippen molar-refractivity contribution in [2.45, 2.75) is 6.54 Å². The predicted octanol–water partition coefficient (Wildman–Crippen LogP) is 3.31. The van der Waals surface area contributed by atoms with E-state index < -0.39 is 0 Å². The molecule has 4 nitrogen and oxygen atoms in total. The van der Waals surface area contributed by atoms with Crippen molar-refractivity contribution in [3.8, 4) is 11.3 Å². The number of imidazole rings is 1. The Labute approximate surface area is 148 Å². The molecule has 1 aliphatic rings. The van der Waals surface area contributed by atoms with Crippen molar-refractivity contribution in [2.24, 2.45) is 0 Å². The molecule has 0 atom stereocenters. The molecule has 1 aromatic carbocycles. The fourth-order valence-corrected chi connectivity index (χ4v) is 3.40. The number of pyridine rings is 1. The number of benzene rings is 1. The lowest BCUT2D eigenvalue weighted by molar-refractivity contribution is 0.230. The van der Waals surface area contributed by atoms with Crippen molar-refractivity contribution >= 4 is 21.6 Å². The molecule has 1 saturated heterocycles. The maximum Gasteiger partial charge on any atom is 0.139 e. The summed E-state index contributed by atoms with van der Waals surface area (Å²) < 4.78 is 16.7. The van der Waals surface area contributed by atoms with Gasteiger partial charge in [-0.3, -0.25) is 9.30 Å². The van der Waals surface area contributed by atoms with Crippen LogP contribution in [0.3, 0.4) is 0 Å². The first-order chi connectivity index (χ1) is 11.7. The molecular formula is C18H18BrFN4. The van der Waals surface area contributed by atoms with E-state index in [1.807, 2.05) is 28.7 Å². The minimum atomic E-state index is -0.246. The van der Waals surface area contributed by atoms with Crippen LogP contribution in [0.1, 0.15) is 5.69 Å². The van der Waals surface area contributed by atoms with Crippen LogP contribution in [0, 0.1) is 5.82 Å². The van der Waals surface area contributed by atoms with Crippen LogP contribution in [0.2, 0.25) is 0 Å². The molecule has 0 unspecified atom stereocenters. The summed E-state index contributed by atoms with van der Waals surface area (Å²) in [6, 6.07) is 11.3. The highest BCUT2D eigenvalue weighted by Gasteiger charge is 2.18. The number of aromatic nitrogens is 2. The molecule has 124 valence electrons. The average molecular weight is 389 g/mol. The van der Waals surface area contributed by atoms with Gasteiger partial charge < -0.3 is 5.32 Å². The third-order valence-corrected chi connectivity index (χ3v) is 4.91. The number of piperazine rings is 1. The Bertz CT molecular complexity index is 853. The van der Waals surface area contributed by atoms with E-state index in [1.165, 1.54) is 12.3 Å². The predicted molar refractivity (Wildman–Crippen MR) is 96.4 cm³/mol. The molecule has 0 saturated carbocycles. The summed E-state index contributed by atoms with van der Waals surface area (Å²) in [5.41, 5.74) is 3.78. The summed E-state index contributed by atoms with van der Waals surface area (Å²) in [7, 11) is 0. The van der Waals surface area contributed by atoms with E-state index in [0.717, 1.165) is 59.8 Å². The van der Waals surface area contributed by atoms with Gasteiger partial charge in [-0.25, -0.2) is 9.37 Å². The highest BCUT2D eigenvalue weighted by Crippen LogP contribution is 2.27. The van der Waals surface area contributed by atoms with Gasteiger partial charge in [0.1, 0.15) is 11.5 Å². The minimum Gasteiger partial charge on any atom is -0.314 e. The van der Waals surface area contributed by atoms with E-state index in [4.69, 9.17) is 4.98 Å². The van der Waals surface area contributed by atoms with Crippen LogP contribution < -0.4 is 5.32 Å². The number of halogens is 2. The molecule has 1 N–H and O–H groups in total. The van der Waals surface area contributed by atoms with Crippen LogP contribution >= 0.6 is 15.9 Å². The maximum absolute atomic E-state index is 13.8. The Balaban J connectivity index is 1.81. The highest BCUT2D eigenvalue weighted by molar-refractivity contribution is 9.10. The number of fused-ring (bicyclic) bond motifs is 1. The first-order valence-electron chi connectivity index (χ1n) is 8.06. The summed E-state index contributed by atoms with van der Waals surface area (Å²) in [6.07, 6.45) is 1.53. The van der Waals surface area contributed by atoms with E-state index in [2.05, 4.69) is 26.1 Å². The maximum atomic E-state index is 13.8. The van der Waals surface area contributed by atoms with E-state index in [0.29, 0.717) is 0 Å². The number of rotatable bonds is 3. The Morgan fingerprint density at radius 2 is 1.83 bits per heavy atom. The molecule has 4 rings (SSSR count). The third kappa shape index (κ3) is 3.09. The van der Waals surface area contributed by atoms with Gasteiger partial charge in [-0.15, -0.1) is 0 Å². The molecule has 0 bridgehead atoms. The second-order valence-corrected chi connectivity index (χ2v) is 6.93. The summed E-state index contributed by atoms with van der Waals surface area (Å²) in [5, 5.41) is 3.36. The van der Waals surface area contributed by atoms with Gasteiger partial charge in [0.15, 0.2) is 0 Å². The van der Waals surface area contributed by atoms with Crippen molar-refractivity contribution in [1.82, 2.24) is 19.6 Å². The molecule has 0 spiro atoms. The van der Waals surface area contributed by atoms with Gasteiger partial charge >= 0.3 is 0 Å². The van der Waals surface area contributed by atoms with Crippen LogP contribution in [-0.2, 0) is 6.54 Å². The zero-order valence-electron chi connectivity index (χ0n) is 13.2. The summed E-state index contributed by atoms with van der Waals surface area (Å²) in [4.78, 5) is 7.14. The molecule has 0 radical (unpaired) electrons. The van der Waals surface area contributed by atoms with Crippen LogP contribution in [0.15, 0.2) is 47.1 Å². The van der Waals surface area contributed by atoms with Crippen molar-refractivity contribution in [3.05, 3.63) is 58.6 Å². The molecule has 1 aliphatic heterocycles. The highest BCUT2D eigenvalue weighted by atomic mass is 79.9. The van der Waals surface area contributed by atoms with Crippen LogP contribution in [-0.4, -0.2) is 40.5 Å². The van der Waals surface area contributed by atoms with Gasteiger partial charge in [0, 0.05) is 49.0 Å². The zero-order valence-corrected chi connectivity index (χ0v) is 14.8. The topological polar surface area (TPSA) is 32.6 Å². The second kappa shape index (κ2) is 6.63. The van der Waals surface area contributed by atoms with Crippen molar-refractivity contribution in [2.75, 3.05) is 26.2 Å². The van der Waals surface area contributed by atoms with Crippen LogP contribution in [0.25, 0.3) is 16.9 Å². The Morgan fingerprint density at radius 3 is 2.58 bits per heavy atom. The SMILES string of the molecule is Fc1ccc2nc(-c3ccc(Br)cc3)c(CN3CCNCC3)n2c1. The second-order valence-electron chi connectivity index (χ2n) is 6.02. The standard InChI is InChI=1S/C18H18BrFN4/c19-14-3-1-13(2-4-14)18-16(12-23-9-7-21-8-10-23)24-11-15(20)5-6-17(24)22-18/h1-6,11,21H,7-10,12H2. The molecule has 0 amide bonds. The monoisotopic (exact) mass is 388 g/mol. The van der Waals surface area contributed by atoms with Crippen molar-refractivity contribution in [3.63, 3.8) is 0 Å². The quantitative estimate of drug-likeness (QED) is 0.746. The van der Waals surface area contributed by atoms with Gasteiger partial charge in [0.05, 0.1) is 11.4 Å². The Morgan fingerprint density at radius 1 is 1.08 bits per heavy atom. The summed E-state index contributed by atoms with van der Waals surface area (Å²) >= 11 is 3.47. The zero-order chi connectivity index (χ0) is 16.5. The molecule has 24 heavy (non-hydrogen) atoms. The molecule has 6 heteroatoms. The molecule has 1 fully saturated rings. The molecule has 0 aliphatic carbocycles. The first-order valence-corrected chi connectivity index (χ1v) is 8.85. The van der Waals surface area contributed by atoms with Gasteiger partial charge in [-0.1, -0.05) is 28.1 Å². The van der Waals surface area contributed by atoms with E-state index in [1.54, 1.807) is 6.07 Å². The molecule has 2 aromatic heterocycles. The smallest absolute Gasteiger partial charge is 0.139 e. The van der Waals surface area contributed by atoms with Gasteiger partial charge in [-0.2, -0.15) is 0 Å². The lowest BCUT2D eigenvalue weighted by Crippen LogP contribution is -2.43. The number of nitrogens with zero attached hydrogens (tertiary/aromatic N) is 3. The van der Waals surface area contributed by atoms with Crippen LogP contribution in [0.5, 0.6) is 0 Å². The average Bonchev–Trinajstić information content (AvgIpc) is 2.94.